The van der Waals surface area contributed by atoms with Gasteiger partial charge >= 0.3 is 0 Å². The average molecular weight is 308 g/mol. The Labute approximate surface area is 130 Å². The Morgan fingerprint density at radius 2 is 1.82 bits per heavy atom. The largest absolute Gasteiger partial charge is 0.338 e. The number of hydrogen-bond donors (Lipinski definition) is 4. The molecule has 0 aromatic heterocycles. The monoisotopic (exact) mass is 308 g/mol. The first-order chi connectivity index (χ1) is 10.1. The van der Waals surface area contributed by atoms with Crippen LogP contribution in [-0.4, -0.2) is 47.6 Å². The van der Waals surface area contributed by atoms with Crippen LogP contribution in [0, 0.1) is 0 Å². The fourth-order valence-electron chi connectivity index (χ4n) is 2.00. The van der Waals surface area contributed by atoms with E-state index in [2.05, 4.69) is 5.32 Å². The van der Waals surface area contributed by atoms with Crippen molar-refractivity contribution in [2.24, 2.45) is 5.73 Å². The fraction of sp³-hybridized carbons (Fsp3) is 0.467. The topological polar surface area (TPSA) is 108 Å². The maximum atomic E-state index is 12.2. The van der Waals surface area contributed by atoms with Gasteiger partial charge in [0, 0.05) is 17.6 Å². The van der Waals surface area contributed by atoms with E-state index >= 15 is 0 Å². The number of hydroxylamine groups is 1. The number of amides is 2. The summed E-state index contributed by atoms with van der Waals surface area (Å²) in [5.74, 6) is -1.19. The third-order valence-electron chi connectivity index (χ3n) is 3.11. The van der Waals surface area contributed by atoms with Gasteiger partial charge in [0.2, 0.25) is 0 Å². The van der Waals surface area contributed by atoms with Crippen LogP contribution >= 0.6 is 0 Å². The van der Waals surface area contributed by atoms with Gasteiger partial charge in [-0.2, -0.15) is 0 Å². The maximum Gasteiger partial charge on any atom is 0.267 e. The van der Waals surface area contributed by atoms with Gasteiger partial charge in [-0.1, -0.05) is 12.1 Å². The highest BCUT2D eigenvalue weighted by Gasteiger charge is 2.33. The summed E-state index contributed by atoms with van der Waals surface area (Å²) >= 11 is 0. The molecule has 1 aromatic carbocycles. The third kappa shape index (κ3) is 5.10. The van der Waals surface area contributed by atoms with Crippen molar-refractivity contribution in [3.63, 3.8) is 0 Å². The van der Waals surface area contributed by atoms with Gasteiger partial charge in [0.25, 0.3) is 11.8 Å². The van der Waals surface area contributed by atoms with E-state index in [1.165, 1.54) is 5.48 Å². The van der Waals surface area contributed by atoms with E-state index in [1.54, 1.807) is 26.0 Å². The normalized spacial score (nSPS) is 12.9. The van der Waals surface area contributed by atoms with Gasteiger partial charge in [0.05, 0.1) is 0 Å². The predicted octanol–water partition coefficient (Wildman–Crippen LogP) is 0.0893. The second-order valence-corrected chi connectivity index (χ2v) is 6.14. The number of hydrogen-bond acceptors (Lipinski definition) is 5. The lowest BCUT2D eigenvalue weighted by Gasteiger charge is -2.29. The number of rotatable bonds is 6. The average Bonchev–Trinajstić information content (AvgIpc) is 2.42. The minimum Gasteiger partial charge on any atom is -0.338 e. The second-order valence-electron chi connectivity index (χ2n) is 6.14. The van der Waals surface area contributed by atoms with Gasteiger partial charge in [-0.3, -0.25) is 14.8 Å². The second kappa shape index (κ2) is 7.35. The molecule has 0 fully saturated rings. The summed E-state index contributed by atoms with van der Waals surface area (Å²) in [5.41, 5.74) is 7.86. The summed E-state index contributed by atoms with van der Waals surface area (Å²) in [5, 5.41) is 11.3. The highest BCUT2D eigenvalue weighted by Crippen LogP contribution is 2.09. The number of benzene rings is 1. The Balaban J connectivity index is 2.84. The van der Waals surface area contributed by atoms with Gasteiger partial charge in [0.15, 0.2) is 0 Å². The van der Waals surface area contributed by atoms with E-state index in [1.807, 2.05) is 31.1 Å². The quantitative estimate of drug-likeness (QED) is 0.440. The molecule has 0 aliphatic carbocycles. The molecule has 2 amide bonds. The first-order valence-corrected chi connectivity index (χ1v) is 6.92. The molecule has 5 N–H and O–H groups in total. The van der Waals surface area contributed by atoms with Crippen molar-refractivity contribution < 1.29 is 14.8 Å². The lowest BCUT2D eigenvalue weighted by molar-refractivity contribution is -0.132. The number of nitrogens with one attached hydrogen (secondary N) is 2. The molecule has 122 valence electrons. The highest BCUT2D eigenvalue weighted by atomic mass is 16.5. The Morgan fingerprint density at radius 1 is 1.27 bits per heavy atom. The molecule has 1 aromatic rings. The number of nitrogens with zero attached hydrogens (tertiary/aromatic N) is 1. The Hall–Kier alpha value is -1.96. The van der Waals surface area contributed by atoms with Crippen LogP contribution in [0.4, 0.5) is 0 Å². The molecule has 0 unspecified atom stereocenters. The molecular weight excluding hydrogens is 284 g/mol. The molecule has 0 saturated carbocycles. The van der Waals surface area contributed by atoms with Crippen LogP contribution in [0.1, 0.15) is 29.8 Å². The lowest BCUT2D eigenvalue weighted by Crippen LogP contribution is -2.61. The molecule has 0 heterocycles. The molecule has 22 heavy (non-hydrogen) atoms. The van der Waals surface area contributed by atoms with Crippen LogP contribution in [0.5, 0.6) is 0 Å². The van der Waals surface area contributed by atoms with Crippen molar-refractivity contribution in [2.45, 2.75) is 32.0 Å². The van der Waals surface area contributed by atoms with Crippen molar-refractivity contribution in [3.05, 3.63) is 35.4 Å². The zero-order valence-electron chi connectivity index (χ0n) is 13.4. The standard InChI is InChI=1S/C15H24N4O3/c1-15(2,16)12(14(21)18-22)17-13(20)11-7-5-10(6-8-11)9-19(3)4/h5-8,12,22H,9,16H2,1-4H3,(H,17,20)(H,18,21)/t12-/m1/s1. The van der Waals surface area contributed by atoms with E-state index in [0.29, 0.717) is 5.56 Å². The van der Waals surface area contributed by atoms with Crippen molar-refractivity contribution in [1.82, 2.24) is 15.7 Å². The molecule has 0 saturated heterocycles. The minimum absolute atomic E-state index is 0.419. The molecule has 1 rings (SSSR count). The van der Waals surface area contributed by atoms with Crippen molar-refractivity contribution in [2.75, 3.05) is 14.1 Å². The van der Waals surface area contributed by atoms with E-state index < -0.39 is 23.4 Å². The van der Waals surface area contributed by atoms with Crippen molar-refractivity contribution in [3.8, 4) is 0 Å². The van der Waals surface area contributed by atoms with Crippen molar-refractivity contribution in [1.29, 1.82) is 0 Å². The van der Waals surface area contributed by atoms with Crippen LogP contribution in [0.3, 0.4) is 0 Å². The maximum absolute atomic E-state index is 12.2. The molecule has 7 heteroatoms. The zero-order valence-corrected chi connectivity index (χ0v) is 13.4. The van der Waals surface area contributed by atoms with Gasteiger partial charge in [-0.25, -0.2) is 5.48 Å². The smallest absolute Gasteiger partial charge is 0.267 e. The summed E-state index contributed by atoms with van der Waals surface area (Å²) in [6.07, 6.45) is 0. The molecule has 0 spiro atoms. The van der Waals surface area contributed by atoms with E-state index in [-0.39, 0.29) is 0 Å². The van der Waals surface area contributed by atoms with Crippen LogP contribution in [0.15, 0.2) is 24.3 Å². The van der Waals surface area contributed by atoms with E-state index in [4.69, 9.17) is 10.9 Å². The van der Waals surface area contributed by atoms with Crippen LogP contribution in [0.2, 0.25) is 0 Å². The third-order valence-corrected chi connectivity index (χ3v) is 3.11. The Morgan fingerprint density at radius 3 is 2.23 bits per heavy atom. The summed E-state index contributed by atoms with van der Waals surface area (Å²) in [6.45, 7) is 3.95. The first-order valence-electron chi connectivity index (χ1n) is 6.92. The molecule has 0 bridgehead atoms. The summed E-state index contributed by atoms with van der Waals surface area (Å²) in [4.78, 5) is 25.9. The van der Waals surface area contributed by atoms with Gasteiger partial charge in [-0.05, 0) is 45.6 Å². The predicted molar refractivity (Wildman–Crippen MR) is 83.3 cm³/mol. The van der Waals surface area contributed by atoms with Crippen molar-refractivity contribution >= 4 is 11.8 Å². The molecule has 0 aliphatic heterocycles. The zero-order chi connectivity index (χ0) is 16.9. The van der Waals surface area contributed by atoms with Crippen LogP contribution in [-0.2, 0) is 11.3 Å². The first kappa shape index (κ1) is 18.1. The van der Waals surface area contributed by atoms with Crippen LogP contribution < -0.4 is 16.5 Å². The van der Waals surface area contributed by atoms with Gasteiger partial charge in [0.1, 0.15) is 6.04 Å². The van der Waals surface area contributed by atoms with E-state index in [9.17, 15) is 9.59 Å². The number of nitrogens with two attached hydrogens (primary N) is 1. The number of carbonyl (C=O) groups excluding carboxylic acids is 2. The van der Waals surface area contributed by atoms with Gasteiger partial charge in [-0.15, -0.1) is 0 Å². The lowest BCUT2D eigenvalue weighted by atomic mass is 9.95. The summed E-state index contributed by atoms with van der Waals surface area (Å²) in [6, 6.07) is 6.02. The number of carbonyl (C=O) groups is 2. The summed E-state index contributed by atoms with van der Waals surface area (Å²) < 4.78 is 0. The molecule has 1 atom stereocenters. The molecular formula is C15H24N4O3. The summed E-state index contributed by atoms with van der Waals surface area (Å²) in [7, 11) is 3.92. The Kier molecular flexibility index (Phi) is 6.04. The van der Waals surface area contributed by atoms with Crippen LogP contribution in [0.25, 0.3) is 0 Å². The minimum atomic E-state index is -1.05. The molecule has 7 nitrogen and oxygen atoms in total. The van der Waals surface area contributed by atoms with Gasteiger partial charge < -0.3 is 16.0 Å². The SMILES string of the molecule is CN(C)Cc1ccc(C(=O)N[C@H](C(=O)NO)C(C)(C)N)cc1. The highest BCUT2D eigenvalue weighted by molar-refractivity contribution is 5.97. The fourth-order valence-corrected chi connectivity index (χ4v) is 2.00. The Bertz CT molecular complexity index is 521. The molecule has 0 aliphatic rings. The molecule has 0 radical (unpaired) electrons. The van der Waals surface area contributed by atoms with E-state index in [0.717, 1.165) is 12.1 Å².